The average molecular weight is 434 g/mol. The number of halogens is 2. The lowest BCUT2D eigenvalue weighted by molar-refractivity contribution is -0.130. The molecule has 4 nitrogen and oxygen atoms in total. The van der Waals surface area contributed by atoms with Crippen molar-refractivity contribution >= 4 is 41.8 Å². The Morgan fingerprint density at radius 3 is 2.75 bits per heavy atom. The predicted molar refractivity (Wildman–Crippen MR) is 104 cm³/mol. The van der Waals surface area contributed by atoms with Crippen LogP contribution in [0.2, 0.25) is 23.3 Å². The van der Waals surface area contributed by atoms with Gasteiger partial charge in [-0.2, -0.15) is 0 Å². The van der Waals surface area contributed by atoms with E-state index in [0.29, 0.717) is 24.7 Å². The van der Waals surface area contributed by atoms with Crippen LogP contribution in [0.4, 0.5) is 0 Å². The molecule has 0 radical (unpaired) electrons. The maximum atomic E-state index is 12.3. The standard InChI is InChI=1S/C17H26BrClN2O2Si/c1-17(2,3)24(4,5)23-11-14-6-7-15(22)21(14)10-12-8-13(18)9-20-16(12)19/h8-9,14H,6-7,10-11H2,1-5H3/t14-/m0/s1. The molecule has 0 saturated carbocycles. The average Bonchev–Trinajstić information content (AvgIpc) is 2.80. The van der Waals surface area contributed by atoms with Gasteiger partial charge in [0.2, 0.25) is 5.91 Å². The van der Waals surface area contributed by atoms with Crippen molar-refractivity contribution in [1.29, 1.82) is 0 Å². The molecule has 24 heavy (non-hydrogen) atoms. The number of hydrogen-bond acceptors (Lipinski definition) is 3. The lowest BCUT2D eigenvalue weighted by Crippen LogP contribution is -2.45. The lowest BCUT2D eigenvalue weighted by Gasteiger charge is -2.38. The van der Waals surface area contributed by atoms with Crippen LogP contribution in [-0.4, -0.2) is 36.8 Å². The fourth-order valence-electron chi connectivity index (χ4n) is 2.46. The molecule has 1 saturated heterocycles. The Bertz CT molecular complexity index is 619. The first kappa shape index (κ1) is 19.9. The van der Waals surface area contributed by atoms with Crippen molar-refractivity contribution in [2.24, 2.45) is 0 Å². The smallest absolute Gasteiger partial charge is 0.223 e. The second-order valence-electron chi connectivity index (χ2n) is 7.89. The third-order valence-corrected chi connectivity index (χ3v) is 10.4. The van der Waals surface area contributed by atoms with Crippen LogP contribution in [0.25, 0.3) is 0 Å². The Kier molecular flexibility index (Phi) is 6.16. The van der Waals surface area contributed by atoms with E-state index < -0.39 is 8.32 Å². The summed E-state index contributed by atoms with van der Waals surface area (Å²) < 4.78 is 7.20. The molecule has 0 spiro atoms. The van der Waals surface area contributed by atoms with Crippen LogP contribution < -0.4 is 0 Å². The van der Waals surface area contributed by atoms with Crippen molar-refractivity contribution in [2.45, 2.75) is 64.3 Å². The Labute approximate surface area is 159 Å². The number of amides is 1. The highest BCUT2D eigenvalue weighted by molar-refractivity contribution is 9.10. The summed E-state index contributed by atoms with van der Waals surface area (Å²) in [6.07, 6.45) is 3.08. The van der Waals surface area contributed by atoms with Crippen LogP contribution in [0.1, 0.15) is 39.2 Å². The molecule has 1 aromatic rings. The fraction of sp³-hybridized carbons (Fsp3) is 0.647. The third-order valence-electron chi connectivity index (χ3n) is 5.11. The zero-order chi connectivity index (χ0) is 18.1. The van der Waals surface area contributed by atoms with E-state index in [1.165, 1.54) is 0 Å². The molecule has 0 bridgehead atoms. The monoisotopic (exact) mass is 432 g/mol. The largest absolute Gasteiger partial charge is 0.415 e. The first-order chi connectivity index (χ1) is 11.0. The highest BCUT2D eigenvalue weighted by Gasteiger charge is 2.39. The van der Waals surface area contributed by atoms with Gasteiger partial charge in [-0.3, -0.25) is 4.79 Å². The summed E-state index contributed by atoms with van der Waals surface area (Å²) in [4.78, 5) is 18.3. The van der Waals surface area contributed by atoms with E-state index in [1.54, 1.807) is 6.20 Å². The number of carbonyl (C=O) groups excluding carboxylic acids is 1. The van der Waals surface area contributed by atoms with Crippen LogP contribution >= 0.6 is 27.5 Å². The zero-order valence-corrected chi connectivity index (χ0v) is 18.4. The summed E-state index contributed by atoms with van der Waals surface area (Å²) in [5.41, 5.74) is 0.860. The van der Waals surface area contributed by atoms with E-state index in [4.69, 9.17) is 16.0 Å². The highest BCUT2D eigenvalue weighted by atomic mass is 79.9. The van der Waals surface area contributed by atoms with Gasteiger partial charge in [0.05, 0.1) is 12.6 Å². The molecular formula is C17H26BrClN2O2Si. The molecule has 2 rings (SSSR count). The summed E-state index contributed by atoms with van der Waals surface area (Å²) in [5, 5.41) is 0.611. The SMILES string of the molecule is CC(C)(C)[Si](C)(C)OC[C@@H]1CCC(=O)N1Cc1cc(Br)cnc1Cl. The molecule has 1 fully saturated rings. The maximum absolute atomic E-state index is 12.3. The minimum atomic E-state index is -1.82. The topological polar surface area (TPSA) is 42.4 Å². The van der Waals surface area contributed by atoms with E-state index >= 15 is 0 Å². The van der Waals surface area contributed by atoms with Crippen LogP contribution in [0, 0.1) is 0 Å². The van der Waals surface area contributed by atoms with Gasteiger partial charge in [-0.05, 0) is 46.5 Å². The molecule has 134 valence electrons. The van der Waals surface area contributed by atoms with Gasteiger partial charge < -0.3 is 9.33 Å². The first-order valence-electron chi connectivity index (χ1n) is 8.24. The van der Waals surface area contributed by atoms with Gasteiger partial charge in [0, 0.05) is 29.2 Å². The van der Waals surface area contributed by atoms with Gasteiger partial charge >= 0.3 is 0 Å². The predicted octanol–water partition coefficient (Wildman–Crippen LogP) is 5.01. The van der Waals surface area contributed by atoms with Crippen molar-refractivity contribution in [2.75, 3.05) is 6.61 Å². The Balaban J connectivity index is 2.08. The Hall–Kier alpha value is -0.433. The van der Waals surface area contributed by atoms with E-state index in [-0.39, 0.29) is 17.0 Å². The normalized spacial score (nSPS) is 19.2. The molecular weight excluding hydrogens is 408 g/mol. The van der Waals surface area contributed by atoms with Gasteiger partial charge in [0.25, 0.3) is 0 Å². The molecule has 0 aromatic carbocycles. The van der Waals surface area contributed by atoms with Crippen LogP contribution in [-0.2, 0) is 15.8 Å². The maximum Gasteiger partial charge on any atom is 0.223 e. The van der Waals surface area contributed by atoms with Gasteiger partial charge in [-0.25, -0.2) is 4.98 Å². The van der Waals surface area contributed by atoms with Gasteiger partial charge in [-0.15, -0.1) is 0 Å². The number of pyridine rings is 1. The first-order valence-corrected chi connectivity index (χ1v) is 12.3. The fourth-order valence-corrected chi connectivity index (χ4v) is 4.05. The van der Waals surface area contributed by atoms with E-state index in [9.17, 15) is 4.79 Å². The molecule has 1 aliphatic heterocycles. The molecule has 1 amide bonds. The summed E-state index contributed by atoms with van der Waals surface area (Å²) in [7, 11) is -1.82. The summed E-state index contributed by atoms with van der Waals surface area (Å²) in [6.45, 7) is 12.2. The third kappa shape index (κ3) is 4.59. The zero-order valence-electron chi connectivity index (χ0n) is 15.0. The number of aromatic nitrogens is 1. The Morgan fingerprint density at radius 1 is 1.46 bits per heavy atom. The van der Waals surface area contributed by atoms with Crippen molar-refractivity contribution in [3.8, 4) is 0 Å². The van der Waals surface area contributed by atoms with E-state index in [0.717, 1.165) is 16.5 Å². The highest BCUT2D eigenvalue weighted by Crippen LogP contribution is 2.37. The summed E-state index contributed by atoms with van der Waals surface area (Å²) in [5.74, 6) is 0.162. The molecule has 1 aliphatic rings. The van der Waals surface area contributed by atoms with Gasteiger partial charge in [0.1, 0.15) is 5.15 Å². The summed E-state index contributed by atoms with van der Waals surface area (Å²) in [6, 6.07) is 2.04. The molecule has 2 heterocycles. The number of carbonyl (C=O) groups is 1. The van der Waals surface area contributed by atoms with Crippen LogP contribution in [0.5, 0.6) is 0 Å². The minimum absolute atomic E-state index is 0.113. The number of nitrogens with zero attached hydrogens (tertiary/aromatic N) is 2. The van der Waals surface area contributed by atoms with Crippen LogP contribution in [0.15, 0.2) is 16.7 Å². The second kappa shape index (κ2) is 7.44. The molecule has 0 unspecified atom stereocenters. The minimum Gasteiger partial charge on any atom is -0.415 e. The Morgan fingerprint density at radius 2 is 2.12 bits per heavy atom. The van der Waals surface area contributed by atoms with Crippen molar-refractivity contribution < 1.29 is 9.22 Å². The number of likely N-dealkylation sites (tertiary alicyclic amines) is 1. The quantitative estimate of drug-likeness (QED) is 0.484. The molecule has 0 aliphatic carbocycles. The molecule has 7 heteroatoms. The van der Waals surface area contributed by atoms with Gasteiger partial charge in [-0.1, -0.05) is 32.4 Å². The molecule has 1 aromatic heterocycles. The van der Waals surface area contributed by atoms with Crippen molar-refractivity contribution in [3.05, 3.63) is 27.5 Å². The van der Waals surface area contributed by atoms with E-state index in [1.807, 2.05) is 11.0 Å². The van der Waals surface area contributed by atoms with Crippen molar-refractivity contribution in [1.82, 2.24) is 9.88 Å². The van der Waals surface area contributed by atoms with Crippen molar-refractivity contribution in [3.63, 3.8) is 0 Å². The molecule has 0 N–H and O–H groups in total. The molecule has 1 atom stereocenters. The number of hydrogen-bond donors (Lipinski definition) is 0. The van der Waals surface area contributed by atoms with Gasteiger partial charge in [0.15, 0.2) is 8.32 Å². The second-order valence-corrected chi connectivity index (χ2v) is 14.0. The van der Waals surface area contributed by atoms with Crippen LogP contribution in [0.3, 0.4) is 0 Å². The summed E-state index contributed by atoms with van der Waals surface area (Å²) >= 11 is 9.60. The van der Waals surface area contributed by atoms with E-state index in [2.05, 4.69) is 54.8 Å². The number of rotatable bonds is 5. The lowest BCUT2D eigenvalue weighted by atomic mass is 10.2.